The van der Waals surface area contributed by atoms with Crippen molar-refractivity contribution in [2.24, 2.45) is 5.73 Å². The minimum absolute atomic E-state index is 0.290. The molecule has 1 aliphatic heterocycles. The maximum absolute atomic E-state index is 12.5. The second-order valence-electron chi connectivity index (χ2n) is 7.31. The van der Waals surface area contributed by atoms with Crippen LogP contribution in [-0.2, 0) is 17.8 Å². The van der Waals surface area contributed by atoms with Gasteiger partial charge in [0, 0.05) is 26.1 Å². The van der Waals surface area contributed by atoms with Crippen molar-refractivity contribution in [3.63, 3.8) is 0 Å². The van der Waals surface area contributed by atoms with Crippen molar-refractivity contribution < 1.29 is 9.53 Å². The minimum atomic E-state index is 0.290. The van der Waals surface area contributed by atoms with Crippen molar-refractivity contribution in [1.29, 1.82) is 0 Å². The predicted molar refractivity (Wildman–Crippen MR) is 109 cm³/mol. The van der Waals surface area contributed by atoms with E-state index >= 15 is 0 Å². The van der Waals surface area contributed by atoms with E-state index in [-0.39, 0.29) is 5.91 Å². The van der Waals surface area contributed by atoms with Gasteiger partial charge in [0.15, 0.2) is 0 Å². The van der Waals surface area contributed by atoms with Crippen LogP contribution in [-0.4, -0.2) is 31.0 Å². The number of carbonyl (C=O) groups excluding carboxylic acids is 1. The first-order valence-electron chi connectivity index (χ1n) is 9.89. The van der Waals surface area contributed by atoms with E-state index in [4.69, 9.17) is 10.5 Å². The monoisotopic (exact) mass is 366 g/mol. The predicted octanol–water partition coefficient (Wildman–Crippen LogP) is 3.88. The van der Waals surface area contributed by atoms with E-state index in [2.05, 4.69) is 36.4 Å². The van der Waals surface area contributed by atoms with Crippen molar-refractivity contribution in [3.8, 4) is 5.75 Å². The molecule has 2 aromatic rings. The number of hydrogen-bond acceptors (Lipinski definition) is 3. The highest BCUT2D eigenvalue weighted by atomic mass is 16.5. The molecule has 0 atom stereocenters. The molecule has 2 N–H and O–H groups in total. The van der Waals surface area contributed by atoms with Crippen LogP contribution in [0.15, 0.2) is 48.5 Å². The van der Waals surface area contributed by atoms with Gasteiger partial charge in [-0.1, -0.05) is 36.4 Å². The Morgan fingerprint density at radius 1 is 1.11 bits per heavy atom. The van der Waals surface area contributed by atoms with Crippen molar-refractivity contribution in [1.82, 2.24) is 4.90 Å². The van der Waals surface area contributed by atoms with Crippen LogP contribution < -0.4 is 10.5 Å². The quantitative estimate of drug-likeness (QED) is 0.809. The molecule has 0 aliphatic carbocycles. The Hall–Kier alpha value is -2.33. The normalized spacial score (nSPS) is 15.0. The summed E-state index contributed by atoms with van der Waals surface area (Å²) in [5.74, 6) is 1.70. The number of hydrogen-bond donors (Lipinski definition) is 1. The number of rotatable bonds is 7. The summed E-state index contributed by atoms with van der Waals surface area (Å²) < 4.78 is 5.18. The van der Waals surface area contributed by atoms with Crippen LogP contribution in [0.1, 0.15) is 48.3 Å². The van der Waals surface area contributed by atoms with Crippen LogP contribution in [0.4, 0.5) is 0 Å². The average Bonchev–Trinajstić information content (AvgIpc) is 2.74. The second kappa shape index (κ2) is 9.56. The number of methoxy groups -OCH3 is 1. The van der Waals surface area contributed by atoms with Crippen molar-refractivity contribution >= 4 is 5.91 Å². The van der Waals surface area contributed by atoms with Crippen molar-refractivity contribution in [2.45, 2.75) is 44.6 Å². The van der Waals surface area contributed by atoms with E-state index in [1.807, 2.05) is 17.0 Å². The lowest BCUT2D eigenvalue weighted by Gasteiger charge is -2.32. The van der Waals surface area contributed by atoms with Crippen LogP contribution in [0.2, 0.25) is 0 Å². The number of carbonyl (C=O) groups is 1. The summed E-state index contributed by atoms with van der Waals surface area (Å²) in [7, 11) is 1.67. The van der Waals surface area contributed by atoms with Crippen LogP contribution in [0.5, 0.6) is 5.75 Å². The first kappa shape index (κ1) is 19.4. The minimum Gasteiger partial charge on any atom is -0.497 e. The van der Waals surface area contributed by atoms with Gasteiger partial charge in [-0.2, -0.15) is 0 Å². The molecule has 0 bridgehead atoms. The summed E-state index contributed by atoms with van der Waals surface area (Å²) >= 11 is 0. The first-order chi connectivity index (χ1) is 13.2. The van der Waals surface area contributed by atoms with Gasteiger partial charge >= 0.3 is 0 Å². The standard InChI is InChI=1S/C23H30N2O2/c1-27-22-10-8-18(9-11-22)4-3-7-23(26)25-14-12-20(13-15-25)21-6-2-5-19(16-21)17-24/h2,5-6,8-11,16,20H,3-4,7,12-15,17,24H2,1H3. The molecule has 1 heterocycles. The van der Waals surface area contributed by atoms with Crippen LogP contribution >= 0.6 is 0 Å². The average molecular weight is 367 g/mol. The Bertz CT molecular complexity index is 734. The molecule has 2 aromatic carbocycles. The number of aryl methyl sites for hydroxylation is 1. The second-order valence-corrected chi connectivity index (χ2v) is 7.31. The summed E-state index contributed by atoms with van der Waals surface area (Å²) in [6.07, 6.45) is 4.53. The lowest BCUT2D eigenvalue weighted by atomic mass is 9.88. The summed E-state index contributed by atoms with van der Waals surface area (Å²) in [6.45, 7) is 2.30. The van der Waals surface area contributed by atoms with Crippen LogP contribution in [0, 0.1) is 0 Å². The largest absolute Gasteiger partial charge is 0.497 e. The Balaban J connectivity index is 1.42. The molecular weight excluding hydrogens is 336 g/mol. The Kier molecular flexibility index (Phi) is 6.88. The fourth-order valence-corrected chi connectivity index (χ4v) is 3.83. The van der Waals surface area contributed by atoms with E-state index in [0.717, 1.165) is 44.5 Å². The van der Waals surface area contributed by atoms with Gasteiger partial charge < -0.3 is 15.4 Å². The van der Waals surface area contributed by atoms with E-state index in [9.17, 15) is 4.79 Å². The summed E-state index contributed by atoms with van der Waals surface area (Å²) in [5.41, 5.74) is 9.56. The number of nitrogens with zero attached hydrogens (tertiary/aromatic N) is 1. The summed E-state index contributed by atoms with van der Waals surface area (Å²) in [5, 5.41) is 0. The third-order valence-electron chi connectivity index (χ3n) is 5.52. The zero-order valence-electron chi connectivity index (χ0n) is 16.2. The molecular formula is C23H30N2O2. The SMILES string of the molecule is COc1ccc(CCCC(=O)N2CCC(c3cccc(CN)c3)CC2)cc1. The van der Waals surface area contributed by atoms with Gasteiger partial charge in [-0.15, -0.1) is 0 Å². The molecule has 3 rings (SSSR count). The number of nitrogens with two attached hydrogens (primary N) is 1. The molecule has 4 heteroatoms. The highest BCUT2D eigenvalue weighted by molar-refractivity contribution is 5.76. The molecule has 0 radical (unpaired) electrons. The van der Waals surface area contributed by atoms with Gasteiger partial charge in [-0.05, 0) is 60.4 Å². The Morgan fingerprint density at radius 2 is 1.85 bits per heavy atom. The van der Waals surface area contributed by atoms with Crippen LogP contribution in [0.25, 0.3) is 0 Å². The Labute approximate surface area is 162 Å². The summed E-state index contributed by atoms with van der Waals surface area (Å²) in [6, 6.07) is 16.7. The van der Waals surface area contributed by atoms with E-state index in [1.54, 1.807) is 7.11 Å². The third kappa shape index (κ3) is 5.33. The first-order valence-corrected chi connectivity index (χ1v) is 9.89. The van der Waals surface area contributed by atoms with Gasteiger partial charge in [-0.3, -0.25) is 4.79 Å². The van der Waals surface area contributed by atoms with E-state index in [1.165, 1.54) is 16.7 Å². The number of piperidine rings is 1. The number of likely N-dealkylation sites (tertiary alicyclic amines) is 1. The molecule has 4 nitrogen and oxygen atoms in total. The van der Waals surface area contributed by atoms with Gasteiger partial charge in [-0.25, -0.2) is 0 Å². The molecule has 0 aromatic heterocycles. The number of ether oxygens (including phenoxy) is 1. The third-order valence-corrected chi connectivity index (χ3v) is 5.52. The molecule has 1 aliphatic rings. The fraction of sp³-hybridized carbons (Fsp3) is 0.435. The molecule has 0 spiro atoms. The molecule has 0 unspecified atom stereocenters. The highest BCUT2D eigenvalue weighted by Crippen LogP contribution is 2.29. The number of benzene rings is 2. The Morgan fingerprint density at radius 3 is 2.52 bits per heavy atom. The lowest BCUT2D eigenvalue weighted by Crippen LogP contribution is -2.37. The summed E-state index contributed by atoms with van der Waals surface area (Å²) in [4.78, 5) is 14.6. The zero-order valence-corrected chi connectivity index (χ0v) is 16.2. The molecule has 27 heavy (non-hydrogen) atoms. The van der Waals surface area contributed by atoms with E-state index in [0.29, 0.717) is 18.9 Å². The molecule has 1 amide bonds. The van der Waals surface area contributed by atoms with Gasteiger partial charge in [0.25, 0.3) is 0 Å². The fourth-order valence-electron chi connectivity index (χ4n) is 3.83. The molecule has 0 saturated carbocycles. The molecule has 144 valence electrons. The maximum atomic E-state index is 12.5. The highest BCUT2D eigenvalue weighted by Gasteiger charge is 2.23. The van der Waals surface area contributed by atoms with Crippen LogP contribution in [0.3, 0.4) is 0 Å². The smallest absolute Gasteiger partial charge is 0.222 e. The topological polar surface area (TPSA) is 55.6 Å². The maximum Gasteiger partial charge on any atom is 0.222 e. The number of amides is 1. The van der Waals surface area contributed by atoms with Gasteiger partial charge in [0.1, 0.15) is 5.75 Å². The molecule has 1 saturated heterocycles. The zero-order chi connectivity index (χ0) is 19.1. The lowest BCUT2D eigenvalue weighted by molar-refractivity contribution is -0.132. The molecule has 1 fully saturated rings. The van der Waals surface area contributed by atoms with Crippen molar-refractivity contribution in [3.05, 3.63) is 65.2 Å². The van der Waals surface area contributed by atoms with Gasteiger partial charge in [0.05, 0.1) is 7.11 Å². The van der Waals surface area contributed by atoms with Gasteiger partial charge in [0.2, 0.25) is 5.91 Å². The van der Waals surface area contributed by atoms with E-state index < -0.39 is 0 Å². The van der Waals surface area contributed by atoms with Crippen molar-refractivity contribution in [2.75, 3.05) is 20.2 Å².